The average molecular weight is 352 g/mol. The smallest absolute Gasteiger partial charge is 0.290 e. The van der Waals surface area contributed by atoms with Gasteiger partial charge in [-0.05, 0) is 37.1 Å². The molecule has 3 heterocycles. The molecule has 0 aliphatic carbocycles. The SMILES string of the molecule is CN(Cc1nc2ccccc2[nH]1)C(=O)C1CCCN1C(=O)c1ccco1. The van der Waals surface area contributed by atoms with E-state index in [0.29, 0.717) is 19.5 Å². The lowest BCUT2D eigenvalue weighted by atomic mass is 10.2. The standard InChI is InChI=1S/C19H20N4O3/c1-22(12-17-20-13-6-2-3-7-14(13)21-17)18(24)15-8-4-10-23(15)19(25)16-9-5-11-26-16/h2-3,5-7,9,11,15H,4,8,10,12H2,1H3,(H,20,21). The summed E-state index contributed by atoms with van der Waals surface area (Å²) in [6, 6.07) is 10.6. The lowest BCUT2D eigenvalue weighted by molar-refractivity contribution is -0.134. The second-order valence-corrected chi connectivity index (χ2v) is 6.53. The first-order chi connectivity index (χ1) is 12.6. The van der Waals surface area contributed by atoms with Crippen LogP contribution in [0.4, 0.5) is 0 Å². The zero-order valence-electron chi connectivity index (χ0n) is 14.5. The van der Waals surface area contributed by atoms with Crippen LogP contribution in [-0.2, 0) is 11.3 Å². The van der Waals surface area contributed by atoms with Crippen LogP contribution in [0.3, 0.4) is 0 Å². The third kappa shape index (κ3) is 2.96. The third-order valence-electron chi connectivity index (χ3n) is 4.73. The summed E-state index contributed by atoms with van der Waals surface area (Å²) in [5.74, 6) is 0.680. The van der Waals surface area contributed by atoms with Gasteiger partial charge in [0.15, 0.2) is 5.76 Å². The minimum Gasteiger partial charge on any atom is -0.459 e. The van der Waals surface area contributed by atoms with Gasteiger partial charge in [-0.25, -0.2) is 4.98 Å². The number of furan rings is 1. The summed E-state index contributed by atoms with van der Waals surface area (Å²) in [5, 5.41) is 0. The topological polar surface area (TPSA) is 82.4 Å². The first kappa shape index (κ1) is 16.4. The van der Waals surface area contributed by atoms with E-state index in [2.05, 4.69) is 9.97 Å². The van der Waals surface area contributed by atoms with Crippen LogP contribution in [0.1, 0.15) is 29.2 Å². The number of aromatic nitrogens is 2. The number of rotatable bonds is 4. The molecule has 1 atom stereocenters. The predicted octanol–water partition coefficient (Wildman–Crippen LogP) is 2.42. The molecule has 1 aliphatic heterocycles. The van der Waals surface area contributed by atoms with Gasteiger partial charge >= 0.3 is 0 Å². The monoisotopic (exact) mass is 352 g/mol. The minimum atomic E-state index is -0.457. The Balaban J connectivity index is 1.47. The highest BCUT2D eigenvalue weighted by molar-refractivity contribution is 5.95. The molecule has 0 spiro atoms. The molecule has 1 N–H and O–H groups in total. The Hall–Kier alpha value is -3.09. The van der Waals surface area contributed by atoms with Crippen LogP contribution in [0, 0.1) is 0 Å². The van der Waals surface area contributed by atoms with E-state index in [-0.39, 0.29) is 17.6 Å². The molecule has 7 nitrogen and oxygen atoms in total. The molecule has 0 radical (unpaired) electrons. The van der Waals surface area contributed by atoms with Gasteiger partial charge < -0.3 is 19.2 Å². The Morgan fingerprint density at radius 2 is 2.15 bits per heavy atom. The molecule has 7 heteroatoms. The van der Waals surface area contributed by atoms with Gasteiger partial charge in [0.25, 0.3) is 5.91 Å². The van der Waals surface area contributed by atoms with Crippen molar-refractivity contribution in [3.63, 3.8) is 0 Å². The van der Waals surface area contributed by atoms with Crippen LogP contribution in [0.5, 0.6) is 0 Å². The van der Waals surface area contributed by atoms with Crippen molar-refractivity contribution in [2.45, 2.75) is 25.4 Å². The highest BCUT2D eigenvalue weighted by atomic mass is 16.3. The number of benzene rings is 1. The number of para-hydroxylation sites is 2. The molecule has 0 saturated carbocycles. The fourth-order valence-corrected chi connectivity index (χ4v) is 3.45. The summed E-state index contributed by atoms with van der Waals surface area (Å²) in [6.45, 7) is 0.932. The van der Waals surface area contributed by atoms with Crippen molar-refractivity contribution in [1.29, 1.82) is 0 Å². The summed E-state index contributed by atoms with van der Waals surface area (Å²) in [6.07, 6.45) is 2.94. The largest absolute Gasteiger partial charge is 0.459 e. The van der Waals surface area contributed by atoms with E-state index in [0.717, 1.165) is 23.3 Å². The van der Waals surface area contributed by atoms with Crippen LogP contribution < -0.4 is 0 Å². The lowest BCUT2D eigenvalue weighted by Crippen LogP contribution is -2.46. The molecule has 1 unspecified atom stereocenters. The summed E-state index contributed by atoms with van der Waals surface area (Å²) in [5.41, 5.74) is 1.82. The Labute approximate surface area is 150 Å². The van der Waals surface area contributed by atoms with Gasteiger partial charge in [-0.2, -0.15) is 0 Å². The van der Waals surface area contributed by atoms with E-state index in [1.807, 2.05) is 24.3 Å². The number of amides is 2. The van der Waals surface area contributed by atoms with Crippen LogP contribution in [0.15, 0.2) is 47.1 Å². The molecule has 4 rings (SSSR count). The Kier molecular flexibility index (Phi) is 4.20. The van der Waals surface area contributed by atoms with Crippen molar-refractivity contribution in [2.75, 3.05) is 13.6 Å². The molecule has 1 aliphatic rings. The van der Waals surface area contributed by atoms with E-state index in [1.54, 1.807) is 29.0 Å². The van der Waals surface area contributed by atoms with Gasteiger partial charge in [-0.15, -0.1) is 0 Å². The molecule has 1 aromatic carbocycles. The number of likely N-dealkylation sites (N-methyl/N-ethyl adjacent to an activating group) is 1. The third-order valence-corrected chi connectivity index (χ3v) is 4.73. The molecule has 1 fully saturated rings. The maximum absolute atomic E-state index is 12.9. The summed E-state index contributed by atoms with van der Waals surface area (Å²) >= 11 is 0. The number of H-pyrrole nitrogens is 1. The predicted molar refractivity (Wildman–Crippen MR) is 95.3 cm³/mol. The van der Waals surface area contributed by atoms with E-state index in [1.165, 1.54) is 6.26 Å². The number of nitrogens with zero attached hydrogens (tertiary/aromatic N) is 3. The number of hydrogen-bond acceptors (Lipinski definition) is 4. The molecule has 1 saturated heterocycles. The maximum atomic E-state index is 12.9. The van der Waals surface area contributed by atoms with Gasteiger partial charge in [0.2, 0.25) is 5.91 Å². The Morgan fingerprint density at radius 3 is 2.92 bits per heavy atom. The lowest BCUT2D eigenvalue weighted by Gasteiger charge is -2.27. The number of likely N-dealkylation sites (tertiary alicyclic amines) is 1. The first-order valence-corrected chi connectivity index (χ1v) is 8.66. The number of aromatic amines is 1. The van der Waals surface area contributed by atoms with Gasteiger partial charge in [0.05, 0.1) is 23.8 Å². The number of hydrogen-bond donors (Lipinski definition) is 1. The molecular formula is C19H20N4O3. The van der Waals surface area contributed by atoms with E-state index >= 15 is 0 Å². The molecule has 0 bridgehead atoms. The van der Waals surface area contributed by atoms with E-state index in [4.69, 9.17) is 4.42 Å². The summed E-state index contributed by atoms with van der Waals surface area (Å²) in [7, 11) is 1.74. The van der Waals surface area contributed by atoms with Gasteiger partial charge in [-0.3, -0.25) is 9.59 Å². The highest BCUT2D eigenvalue weighted by Gasteiger charge is 2.37. The first-order valence-electron chi connectivity index (χ1n) is 8.66. The minimum absolute atomic E-state index is 0.0807. The van der Waals surface area contributed by atoms with Crippen LogP contribution in [0.2, 0.25) is 0 Å². The van der Waals surface area contributed by atoms with Crippen molar-refractivity contribution in [1.82, 2.24) is 19.8 Å². The highest BCUT2D eigenvalue weighted by Crippen LogP contribution is 2.22. The van der Waals surface area contributed by atoms with Crippen molar-refractivity contribution >= 4 is 22.8 Å². The van der Waals surface area contributed by atoms with E-state index in [9.17, 15) is 9.59 Å². The fraction of sp³-hybridized carbons (Fsp3) is 0.316. The van der Waals surface area contributed by atoms with Crippen molar-refractivity contribution < 1.29 is 14.0 Å². The number of fused-ring (bicyclic) bond motifs is 1. The van der Waals surface area contributed by atoms with Crippen molar-refractivity contribution in [3.05, 3.63) is 54.2 Å². The van der Waals surface area contributed by atoms with Gasteiger partial charge in [0.1, 0.15) is 11.9 Å². The van der Waals surface area contributed by atoms with Gasteiger partial charge in [-0.1, -0.05) is 12.1 Å². The molecule has 134 valence electrons. The summed E-state index contributed by atoms with van der Waals surface area (Å²) in [4.78, 5) is 36.4. The van der Waals surface area contributed by atoms with Crippen LogP contribution in [0.25, 0.3) is 11.0 Å². The average Bonchev–Trinajstić information content (AvgIpc) is 3.39. The van der Waals surface area contributed by atoms with Crippen LogP contribution >= 0.6 is 0 Å². The van der Waals surface area contributed by atoms with Crippen molar-refractivity contribution in [3.8, 4) is 0 Å². The van der Waals surface area contributed by atoms with E-state index < -0.39 is 6.04 Å². The fourth-order valence-electron chi connectivity index (χ4n) is 3.45. The molecule has 2 aromatic heterocycles. The number of carbonyl (C=O) groups is 2. The molecule has 3 aromatic rings. The quantitative estimate of drug-likeness (QED) is 0.782. The zero-order valence-corrected chi connectivity index (χ0v) is 14.5. The molecule has 26 heavy (non-hydrogen) atoms. The van der Waals surface area contributed by atoms with Gasteiger partial charge in [0, 0.05) is 13.6 Å². The molecular weight excluding hydrogens is 332 g/mol. The normalized spacial score (nSPS) is 17.0. The Morgan fingerprint density at radius 1 is 1.31 bits per heavy atom. The molecule has 2 amide bonds. The van der Waals surface area contributed by atoms with Crippen molar-refractivity contribution in [2.24, 2.45) is 0 Å². The zero-order chi connectivity index (χ0) is 18.1. The van der Waals surface area contributed by atoms with Crippen LogP contribution in [-0.4, -0.2) is 51.2 Å². The number of carbonyl (C=O) groups excluding carboxylic acids is 2. The second-order valence-electron chi connectivity index (χ2n) is 6.53. The Bertz CT molecular complexity index is 898. The summed E-state index contributed by atoms with van der Waals surface area (Å²) < 4.78 is 5.19. The second kappa shape index (κ2) is 6.67. The maximum Gasteiger partial charge on any atom is 0.290 e. The number of nitrogens with one attached hydrogen (secondary N) is 1. The number of imidazole rings is 1.